The van der Waals surface area contributed by atoms with Crippen LogP contribution in [0.5, 0.6) is 0 Å². The van der Waals surface area contributed by atoms with Gasteiger partial charge in [-0.05, 0) is 26.8 Å². The first kappa shape index (κ1) is 14.2. The Kier molecular flexibility index (Phi) is 3.61. The van der Waals surface area contributed by atoms with E-state index in [4.69, 9.17) is 4.74 Å². The monoisotopic (exact) mass is 275 g/mol. The Labute approximate surface area is 117 Å². The van der Waals surface area contributed by atoms with Crippen LogP contribution in [-0.2, 0) is 9.53 Å². The normalized spacial score (nSPS) is 14.2. The predicted molar refractivity (Wildman–Crippen MR) is 74.1 cm³/mol. The van der Waals surface area contributed by atoms with Crippen LogP contribution in [0.15, 0.2) is 18.2 Å². The Morgan fingerprint density at radius 2 is 1.95 bits per heavy atom. The summed E-state index contributed by atoms with van der Waals surface area (Å²) in [6.45, 7) is 5.31. The third kappa shape index (κ3) is 3.04. The topological polar surface area (TPSA) is 72.5 Å². The van der Waals surface area contributed by atoms with Crippen LogP contribution in [-0.4, -0.2) is 29.7 Å². The van der Waals surface area contributed by atoms with Crippen LogP contribution in [0.4, 0.5) is 5.69 Å². The summed E-state index contributed by atoms with van der Waals surface area (Å²) in [5.74, 6) is -0.796. The van der Waals surface area contributed by atoms with Gasteiger partial charge in [-0.15, -0.1) is 0 Å². The number of benzene rings is 1. The molecule has 0 bridgehead atoms. The molecule has 0 aromatic heterocycles. The summed E-state index contributed by atoms with van der Waals surface area (Å²) in [6, 6.07) is 4.99. The van der Waals surface area contributed by atoms with Crippen molar-refractivity contribution in [3.8, 4) is 0 Å². The van der Waals surface area contributed by atoms with Gasteiger partial charge < -0.3 is 10.1 Å². The van der Waals surface area contributed by atoms with Crippen LogP contribution >= 0.6 is 0 Å². The minimum absolute atomic E-state index is 0.0464. The summed E-state index contributed by atoms with van der Waals surface area (Å²) in [6.07, 6.45) is -0.0968. The van der Waals surface area contributed by atoms with Crippen molar-refractivity contribution in [2.75, 3.05) is 11.9 Å². The fraction of sp³-hybridized carbons (Fsp3) is 0.400. The van der Waals surface area contributed by atoms with Gasteiger partial charge in [-0.1, -0.05) is 12.1 Å². The summed E-state index contributed by atoms with van der Waals surface area (Å²) in [5.41, 5.74) is 0.748. The Morgan fingerprint density at radius 3 is 2.60 bits per heavy atom. The van der Waals surface area contributed by atoms with Crippen LogP contribution in [0, 0.1) is 0 Å². The third-order valence-electron chi connectivity index (χ3n) is 2.81. The molecular weight excluding hydrogens is 258 g/mol. The first-order chi connectivity index (χ1) is 9.28. The molecule has 1 aromatic carbocycles. The number of carbonyl (C=O) groups excluding carboxylic acids is 3. The smallest absolute Gasteiger partial charge is 0.325 e. The van der Waals surface area contributed by atoms with Crippen molar-refractivity contribution in [2.45, 2.75) is 32.8 Å². The molecule has 5 heteroatoms. The molecule has 1 N–H and O–H groups in total. The molecule has 0 fully saturated rings. The molecule has 0 saturated heterocycles. The second kappa shape index (κ2) is 5.07. The van der Waals surface area contributed by atoms with E-state index in [-0.39, 0.29) is 24.5 Å². The van der Waals surface area contributed by atoms with E-state index in [1.54, 1.807) is 39.0 Å². The summed E-state index contributed by atoms with van der Waals surface area (Å²) in [7, 11) is 0. The van der Waals surface area contributed by atoms with E-state index >= 15 is 0 Å². The van der Waals surface area contributed by atoms with E-state index in [0.29, 0.717) is 16.8 Å². The van der Waals surface area contributed by atoms with Crippen LogP contribution in [0.1, 0.15) is 47.9 Å². The van der Waals surface area contributed by atoms with E-state index in [1.165, 1.54) is 0 Å². The number of rotatable bonds is 3. The number of nitrogens with one attached hydrogen (secondary N) is 1. The minimum Gasteiger partial charge on any atom is -0.459 e. The van der Waals surface area contributed by atoms with Crippen LogP contribution in [0.2, 0.25) is 0 Å². The molecule has 106 valence electrons. The second-order valence-electron chi connectivity index (χ2n) is 5.69. The van der Waals surface area contributed by atoms with Gasteiger partial charge in [-0.2, -0.15) is 0 Å². The lowest BCUT2D eigenvalue weighted by Gasteiger charge is -2.20. The number of anilines is 1. The number of hydrogen-bond donors (Lipinski definition) is 1. The molecule has 0 radical (unpaired) electrons. The highest BCUT2D eigenvalue weighted by Gasteiger charge is 2.29. The first-order valence-corrected chi connectivity index (χ1v) is 6.43. The number of fused-ring (bicyclic) bond motifs is 1. The molecule has 0 saturated carbocycles. The van der Waals surface area contributed by atoms with E-state index in [1.807, 2.05) is 0 Å². The van der Waals surface area contributed by atoms with Crippen molar-refractivity contribution in [3.05, 3.63) is 29.3 Å². The third-order valence-corrected chi connectivity index (χ3v) is 2.81. The molecule has 2 rings (SSSR count). The molecule has 0 heterocycles. The predicted octanol–water partition coefficient (Wildman–Crippen LogP) is 2.21. The summed E-state index contributed by atoms with van der Waals surface area (Å²) < 4.78 is 5.17. The van der Waals surface area contributed by atoms with Crippen LogP contribution in [0.25, 0.3) is 0 Å². The molecule has 0 spiro atoms. The molecule has 0 atom stereocenters. The van der Waals surface area contributed by atoms with Gasteiger partial charge in [0, 0.05) is 11.3 Å². The lowest BCUT2D eigenvalue weighted by molar-refractivity contribution is -0.152. The van der Waals surface area contributed by atoms with Crippen molar-refractivity contribution >= 4 is 23.2 Å². The van der Waals surface area contributed by atoms with E-state index in [9.17, 15) is 14.4 Å². The molecular formula is C15H17NO4. The van der Waals surface area contributed by atoms with Crippen LogP contribution in [0.3, 0.4) is 0 Å². The number of ketones is 2. The zero-order valence-corrected chi connectivity index (χ0v) is 11.8. The second-order valence-corrected chi connectivity index (χ2v) is 5.69. The lowest BCUT2D eigenvalue weighted by atomic mass is 10.1. The van der Waals surface area contributed by atoms with Gasteiger partial charge >= 0.3 is 5.97 Å². The standard InChI is InChI=1S/C15H17NO4/c1-15(2,3)20-13(19)8-16-10-6-4-5-9-11(17)7-12(18)14(9)10/h4-6,16H,7-8H2,1-3H3. The van der Waals surface area contributed by atoms with Crippen LogP contribution < -0.4 is 5.32 Å². The van der Waals surface area contributed by atoms with Crippen molar-refractivity contribution in [1.82, 2.24) is 0 Å². The Bertz CT molecular complexity index is 584. The highest BCUT2D eigenvalue weighted by atomic mass is 16.6. The molecule has 0 aliphatic heterocycles. The Balaban J connectivity index is 2.11. The number of carbonyl (C=O) groups is 3. The van der Waals surface area contributed by atoms with Gasteiger partial charge in [0.25, 0.3) is 0 Å². The molecule has 1 aliphatic rings. The quantitative estimate of drug-likeness (QED) is 0.676. The average molecular weight is 275 g/mol. The van der Waals surface area contributed by atoms with Gasteiger partial charge in [-0.25, -0.2) is 0 Å². The Hall–Kier alpha value is -2.17. The SMILES string of the molecule is CC(C)(C)OC(=O)CNc1cccc2c1C(=O)CC2=O. The Morgan fingerprint density at radius 1 is 1.25 bits per heavy atom. The van der Waals surface area contributed by atoms with Gasteiger partial charge in [0.15, 0.2) is 11.6 Å². The number of esters is 1. The maximum Gasteiger partial charge on any atom is 0.325 e. The maximum absolute atomic E-state index is 11.8. The summed E-state index contributed by atoms with van der Waals surface area (Å²) >= 11 is 0. The first-order valence-electron chi connectivity index (χ1n) is 6.43. The fourth-order valence-corrected chi connectivity index (χ4v) is 2.11. The molecule has 1 aromatic rings. The number of Topliss-reactive ketones (excluding diaryl/α,β-unsaturated/α-hetero) is 2. The maximum atomic E-state index is 11.8. The van der Waals surface area contributed by atoms with Gasteiger partial charge in [0.1, 0.15) is 12.1 Å². The van der Waals surface area contributed by atoms with Crippen molar-refractivity contribution in [3.63, 3.8) is 0 Å². The van der Waals surface area contributed by atoms with Gasteiger partial charge in [-0.3, -0.25) is 14.4 Å². The lowest BCUT2D eigenvalue weighted by Crippen LogP contribution is -2.28. The zero-order valence-electron chi connectivity index (χ0n) is 11.8. The molecule has 0 amide bonds. The van der Waals surface area contributed by atoms with Crippen molar-refractivity contribution in [2.24, 2.45) is 0 Å². The summed E-state index contributed by atoms with van der Waals surface area (Å²) in [5, 5.41) is 2.87. The average Bonchev–Trinajstić information content (AvgIpc) is 2.61. The van der Waals surface area contributed by atoms with E-state index in [0.717, 1.165) is 0 Å². The molecule has 20 heavy (non-hydrogen) atoms. The molecule has 1 aliphatic carbocycles. The molecule has 0 unspecified atom stereocenters. The zero-order chi connectivity index (χ0) is 14.9. The van der Waals surface area contributed by atoms with Crippen molar-refractivity contribution < 1.29 is 19.1 Å². The highest BCUT2D eigenvalue weighted by molar-refractivity contribution is 6.26. The number of hydrogen-bond acceptors (Lipinski definition) is 5. The summed E-state index contributed by atoms with van der Waals surface area (Å²) in [4.78, 5) is 35.0. The highest BCUT2D eigenvalue weighted by Crippen LogP contribution is 2.28. The van der Waals surface area contributed by atoms with Crippen molar-refractivity contribution in [1.29, 1.82) is 0 Å². The van der Waals surface area contributed by atoms with Gasteiger partial charge in [0.2, 0.25) is 0 Å². The largest absolute Gasteiger partial charge is 0.459 e. The van der Waals surface area contributed by atoms with Gasteiger partial charge in [0.05, 0.1) is 12.0 Å². The van der Waals surface area contributed by atoms with E-state index < -0.39 is 11.6 Å². The van der Waals surface area contributed by atoms with E-state index in [2.05, 4.69) is 5.32 Å². The number of ether oxygens (including phenoxy) is 1. The minimum atomic E-state index is -0.552. The fourth-order valence-electron chi connectivity index (χ4n) is 2.11. The molecule has 5 nitrogen and oxygen atoms in total.